The van der Waals surface area contributed by atoms with Crippen LogP contribution in [0.2, 0.25) is 0 Å². The second kappa shape index (κ2) is 4.62. The Morgan fingerprint density at radius 3 is 2.83 bits per heavy atom. The predicted molar refractivity (Wildman–Crippen MR) is 71.4 cm³/mol. The van der Waals surface area contributed by atoms with Gasteiger partial charge in [0.25, 0.3) is 0 Å². The first-order valence-electron chi connectivity index (χ1n) is 5.64. The molecule has 1 saturated heterocycles. The summed E-state index contributed by atoms with van der Waals surface area (Å²) < 4.78 is 0.830. The summed E-state index contributed by atoms with van der Waals surface area (Å²) >= 11 is 3.43. The molecule has 1 aliphatic rings. The summed E-state index contributed by atoms with van der Waals surface area (Å²) in [5.74, 6) is -0.755. The summed E-state index contributed by atoms with van der Waals surface area (Å²) in [4.78, 5) is 13.2. The van der Waals surface area contributed by atoms with E-state index in [1.54, 1.807) is 19.1 Å². The van der Waals surface area contributed by atoms with Crippen LogP contribution in [0, 0.1) is 16.7 Å². The Kier molecular flexibility index (Phi) is 3.31. The zero-order valence-electron chi connectivity index (χ0n) is 9.98. The summed E-state index contributed by atoms with van der Waals surface area (Å²) in [6.07, 6.45) is 0.634. The summed E-state index contributed by atoms with van der Waals surface area (Å²) in [7, 11) is 0. The van der Waals surface area contributed by atoms with Crippen LogP contribution in [-0.2, 0) is 4.79 Å². The standard InChI is InChI=1S/C13H13BrN2O2/c1-13(12(17)18)4-5-16(8-13)11-3-2-9(7-15)6-10(11)14/h2-3,6H,4-5,8H2,1H3,(H,17,18). The smallest absolute Gasteiger partial charge is 0.311 e. The molecule has 1 fully saturated rings. The quantitative estimate of drug-likeness (QED) is 0.912. The van der Waals surface area contributed by atoms with Gasteiger partial charge in [-0.05, 0) is 47.5 Å². The Balaban J connectivity index is 2.25. The summed E-state index contributed by atoms with van der Waals surface area (Å²) in [6, 6.07) is 7.44. The highest BCUT2D eigenvalue weighted by Crippen LogP contribution is 2.36. The Bertz CT molecular complexity index is 538. The molecule has 0 aromatic heterocycles. The molecule has 2 rings (SSSR count). The van der Waals surface area contributed by atoms with Crippen LogP contribution in [0.25, 0.3) is 0 Å². The molecule has 1 aromatic rings. The van der Waals surface area contributed by atoms with Gasteiger partial charge in [0.05, 0.1) is 22.7 Å². The van der Waals surface area contributed by atoms with Gasteiger partial charge in [-0.2, -0.15) is 5.26 Å². The van der Waals surface area contributed by atoms with E-state index in [0.717, 1.165) is 10.2 Å². The van der Waals surface area contributed by atoms with Crippen molar-refractivity contribution in [1.29, 1.82) is 5.26 Å². The molecule has 5 heteroatoms. The topological polar surface area (TPSA) is 64.3 Å². The Morgan fingerprint density at radius 2 is 2.33 bits per heavy atom. The molecule has 1 aromatic carbocycles. The van der Waals surface area contributed by atoms with Crippen molar-refractivity contribution in [3.63, 3.8) is 0 Å². The highest BCUT2D eigenvalue weighted by molar-refractivity contribution is 9.10. The number of hydrogen-bond acceptors (Lipinski definition) is 3. The van der Waals surface area contributed by atoms with Gasteiger partial charge in [0.1, 0.15) is 0 Å². The predicted octanol–water partition coefficient (Wildman–Crippen LogP) is 2.62. The molecular weight excluding hydrogens is 296 g/mol. The van der Waals surface area contributed by atoms with E-state index in [2.05, 4.69) is 22.0 Å². The van der Waals surface area contributed by atoms with Gasteiger partial charge >= 0.3 is 5.97 Å². The van der Waals surface area contributed by atoms with E-state index in [1.165, 1.54) is 0 Å². The number of aliphatic carboxylic acids is 1. The third kappa shape index (κ3) is 2.21. The third-order valence-electron chi connectivity index (χ3n) is 3.41. The van der Waals surface area contributed by atoms with Crippen molar-refractivity contribution < 1.29 is 9.90 Å². The fourth-order valence-corrected chi connectivity index (χ4v) is 2.80. The lowest BCUT2D eigenvalue weighted by Gasteiger charge is -2.22. The maximum absolute atomic E-state index is 11.2. The summed E-state index contributed by atoms with van der Waals surface area (Å²) in [6.45, 7) is 2.98. The second-order valence-corrected chi connectivity index (χ2v) is 5.67. The first kappa shape index (κ1) is 12.9. The lowest BCUT2D eigenvalue weighted by atomic mass is 9.90. The molecule has 0 bridgehead atoms. The van der Waals surface area contributed by atoms with Crippen molar-refractivity contribution in [3.8, 4) is 6.07 Å². The zero-order valence-corrected chi connectivity index (χ0v) is 11.6. The number of carboxylic acid groups (broad SMARTS) is 1. The van der Waals surface area contributed by atoms with Gasteiger partial charge in [0.15, 0.2) is 0 Å². The molecule has 1 atom stereocenters. The average Bonchev–Trinajstić information content (AvgIpc) is 2.73. The molecule has 1 unspecified atom stereocenters. The van der Waals surface area contributed by atoms with E-state index in [1.807, 2.05) is 11.0 Å². The molecule has 94 valence electrons. The number of carboxylic acids is 1. The number of nitrogens with zero attached hydrogens (tertiary/aromatic N) is 2. The fraction of sp³-hybridized carbons (Fsp3) is 0.385. The molecule has 1 heterocycles. The van der Waals surface area contributed by atoms with Crippen molar-refractivity contribution in [2.45, 2.75) is 13.3 Å². The number of benzene rings is 1. The molecule has 4 nitrogen and oxygen atoms in total. The van der Waals surface area contributed by atoms with Gasteiger partial charge < -0.3 is 10.0 Å². The van der Waals surface area contributed by atoms with Crippen LogP contribution in [0.5, 0.6) is 0 Å². The van der Waals surface area contributed by atoms with Crippen LogP contribution < -0.4 is 4.90 Å². The molecule has 0 spiro atoms. The van der Waals surface area contributed by atoms with Crippen LogP contribution in [-0.4, -0.2) is 24.2 Å². The van der Waals surface area contributed by atoms with E-state index in [9.17, 15) is 9.90 Å². The maximum Gasteiger partial charge on any atom is 0.311 e. The second-order valence-electron chi connectivity index (χ2n) is 4.82. The number of nitriles is 1. The largest absolute Gasteiger partial charge is 0.481 e. The summed E-state index contributed by atoms with van der Waals surface area (Å²) in [5, 5.41) is 18.0. The maximum atomic E-state index is 11.2. The fourth-order valence-electron chi connectivity index (χ4n) is 2.17. The summed E-state index contributed by atoms with van der Waals surface area (Å²) in [5.41, 5.74) is 0.845. The number of carbonyl (C=O) groups is 1. The monoisotopic (exact) mass is 308 g/mol. The molecule has 0 radical (unpaired) electrons. The van der Waals surface area contributed by atoms with Crippen LogP contribution in [0.3, 0.4) is 0 Å². The Morgan fingerprint density at radius 1 is 1.61 bits per heavy atom. The zero-order chi connectivity index (χ0) is 13.3. The normalized spacial score (nSPS) is 22.8. The lowest BCUT2D eigenvalue weighted by molar-refractivity contribution is -0.146. The van der Waals surface area contributed by atoms with E-state index >= 15 is 0 Å². The molecule has 18 heavy (non-hydrogen) atoms. The molecule has 1 aliphatic heterocycles. The number of anilines is 1. The van der Waals surface area contributed by atoms with E-state index in [-0.39, 0.29) is 0 Å². The lowest BCUT2D eigenvalue weighted by Crippen LogP contribution is -2.31. The van der Waals surface area contributed by atoms with Crippen molar-refractivity contribution >= 4 is 27.6 Å². The molecule has 0 amide bonds. The minimum Gasteiger partial charge on any atom is -0.481 e. The van der Waals surface area contributed by atoms with Gasteiger partial charge in [-0.3, -0.25) is 4.79 Å². The van der Waals surface area contributed by atoms with Crippen molar-refractivity contribution in [2.75, 3.05) is 18.0 Å². The van der Waals surface area contributed by atoms with Crippen molar-refractivity contribution in [3.05, 3.63) is 28.2 Å². The molecular formula is C13H13BrN2O2. The molecule has 1 N–H and O–H groups in total. The third-order valence-corrected chi connectivity index (χ3v) is 4.04. The van der Waals surface area contributed by atoms with Crippen molar-refractivity contribution in [1.82, 2.24) is 0 Å². The van der Waals surface area contributed by atoms with Crippen molar-refractivity contribution in [2.24, 2.45) is 5.41 Å². The highest BCUT2D eigenvalue weighted by atomic mass is 79.9. The van der Waals surface area contributed by atoms with Crippen LogP contribution in [0.4, 0.5) is 5.69 Å². The number of halogens is 1. The SMILES string of the molecule is CC1(C(=O)O)CCN(c2ccc(C#N)cc2Br)C1. The van der Waals surface area contributed by atoms with Crippen LogP contribution >= 0.6 is 15.9 Å². The highest BCUT2D eigenvalue weighted by Gasteiger charge is 2.40. The van der Waals surface area contributed by atoms with Gasteiger partial charge in [-0.15, -0.1) is 0 Å². The first-order valence-corrected chi connectivity index (χ1v) is 6.43. The Labute approximate surface area is 114 Å². The van der Waals surface area contributed by atoms with Gasteiger partial charge in [0, 0.05) is 17.6 Å². The minimum absolute atomic E-state index is 0.493. The minimum atomic E-state index is -0.755. The van der Waals surface area contributed by atoms with Crippen LogP contribution in [0.1, 0.15) is 18.9 Å². The van der Waals surface area contributed by atoms with E-state index < -0.39 is 11.4 Å². The van der Waals surface area contributed by atoms with E-state index in [4.69, 9.17) is 5.26 Å². The van der Waals surface area contributed by atoms with Gasteiger partial charge in [-0.25, -0.2) is 0 Å². The first-order chi connectivity index (χ1) is 8.46. The average molecular weight is 309 g/mol. The van der Waals surface area contributed by atoms with Gasteiger partial charge in [0.2, 0.25) is 0 Å². The molecule has 0 saturated carbocycles. The van der Waals surface area contributed by atoms with Crippen LogP contribution in [0.15, 0.2) is 22.7 Å². The number of rotatable bonds is 2. The van der Waals surface area contributed by atoms with E-state index in [0.29, 0.717) is 25.1 Å². The Hall–Kier alpha value is -1.54. The number of hydrogen-bond donors (Lipinski definition) is 1. The molecule has 0 aliphatic carbocycles. The van der Waals surface area contributed by atoms with Gasteiger partial charge in [-0.1, -0.05) is 0 Å².